The Morgan fingerprint density at radius 1 is 0.929 bits per heavy atom. The van der Waals surface area contributed by atoms with Crippen LogP contribution in [0.2, 0.25) is 0 Å². The van der Waals surface area contributed by atoms with Gasteiger partial charge in [0.05, 0.1) is 0 Å². The molecule has 1 aliphatic rings. The van der Waals surface area contributed by atoms with Gasteiger partial charge < -0.3 is 10.1 Å². The van der Waals surface area contributed by atoms with Gasteiger partial charge in [-0.2, -0.15) is 0 Å². The minimum atomic E-state index is -0.554. The highest BCUT2D eigenvalue weighted by atomic mass is 19.1. The quantitative estimate of drug-likeness (QED) is 0.749. The third kappa shape index (κ3) is 5.39. The fraction of sp³-hybridized carbons (Fsp3) is 0.286. The Labute approximate surface area is 162 Å². The second-order valence-electron chi connectivity index (χ2n) is 6.65. The third-order valence-corrected chi connectivity index (χ3v) is 4.54. The van der Waals surface area contributed by atoms with Gasteiger partial charge >= 0.3 is 6.03 Å². The summed E-state index contributed by atoms with van der Waals surface area (Å²) in [6.45, 7) is -0.316. The molecule has 0 spiro atoms. The summed E-state index contributed by atoms with van der Waals surface area (Å²) in [5.41, 5.74) is 0.794. The summed E-state index contributed by atoms with van der Waals surface area (Å²) in [4.78, 5) is 35.9. The highest BCUT2D eigenvalue weighted by molar-refractivity contribution is 6.09. The minimum absolute atomic E-state index is 0.125. The first-order chi connectivity index (χ1) is 13.5. The maximum atomic E-state index is 13.0. The molecule has 0 heterocycles. The van der Waals surface area contributed by atoms with Gasteiger partial charge in [0.1, 0.15) is 11.6 Å². The van der Waals surface area contributed by atoms with Gasteiger partial charge in [0.2, 0.25) is 0 Å². The van der Waals surface area contributed by atoms with Crippen LogP contribution in [0.3, 0.4) is 0 Å². The molecule has 28 heavy (non-hydrogen) atoms. The Bertz CT molecular complexity index is 844. The summed E-state index contributed by atoms with van der Waals surface area (Å²) >= 11 is 0. The predicted octanol–water partition coefficient (Wildman–Crippen LogP) is 3.20. The number of imide groups is 1. The van der Waals surface area contributed by atoms with E-state index in [-0.39, 0.29) is 18.4 Å². The molecule has 2 aromatic rings. The summed E-state index contributed by atoms with van der Waals surface area (Å²) in [7, 11) is 0. The van der Waals surface area contributed by atoms with Gasteiger partial charge in [-0.1, -0.05) is 12.8 Å². The lowest BCUT2D eigenvalue weighted by Crippen LogP contribution is -2.45. The smallest absolute Gasteiger partial charge is 0.321 e. The molecule has 146 valence electrons. The Morgan fingerprint density at radius 2 is 1.50 bits per heavy atom. The fourth-order valence-electron chi connectivity index (χ4n) is 3.07. The molecule has 3 amide bonds. The van der Waals surface area contributed by atoms with Crippen molar-refractivity contribution in [2.24, 2.45) is 0 Å². The molecule has 1 saturated carbocycles. The number of ketones is 1. The standard InChI is InChI=1S/C21H21FN2O4/c22-16-9-5-14(6-10-16)20(26)15-7-11-18(12-8-15)28-13-19(25)24-21(27)23-17-3-1-2-4-17/h5-12,17H,1-4,13H2,(H2,23,24,25,27). The van der Waals surface area contributed by atoms with E-state index in [2.05, 4.69) is 10.6 Å². The first-order valence-electron chi connectivity index (χ1n) is 9.15. The fourth-order valence-corrected chi connectivity index (χ4v) is 3.07. The van der Waals surface area contributed by atoms with E-state index in [0.717, 1.165) is 25.7 Å². The lowest BCUT2D eigenvalue weighted by Gasteiger charge is -2.12. The van der Waals surface area contributed by atoms with E-state index in [9.17, 15) is 18.8 Å². The number of halogens is 1. The number of rotatable bonds is 6. The average Bonchev–Trinajstić information content (AvgIpc) is 3.19. The lowest BCUT2D eigenvalue weighted by molar-refractivity contribution is -0.122. The zero-order valence-corrected chi connectivity index (χ0v) is 15.2. The molecular formula is C21H21FN2O4. The van der Waals surface area contributed by atoms with Crippen molar-refractivity contribution in [3.63, 3.8) is 0 Å². The molecule has 6 nitrogen and oxygen atoms in total. The van der Waals surface area contributed by atoms with Gasteiger partial charge in [0, 0.05) is 17.2 Å². The van der Waals surface area contributed by atoms with Crippen molar-refractivity contribution in [3.8, 4) is 5.75 Å². The summed E-state index contributed by atoms with van der Waals surface area (Å²) in [5.74, 6) is -0.813. The average molecular weight is 384 g/mol. The molecule has 3 rings (SSSR count). The van der Waals surface area contributed by atoms with Crippen LogP contribution in [-0.2, 0) is 4.79 Å². The van der Waals surface area contributed by atoms with E-state index >= 15 is 0 Å². The molecule has 1 aliphatic carbocycles. The van der Waals surface area contributed by atoms with E-state index in [1.54, 1.807) is 24.3 Å². The molecule has 1 fully saturated rings. The number of nitrogens with one attached hydrogen (secondary N) is 2. The van der Waals surface area contributed by atoms with E-state index < -0.39 is 17.8 Å². The molecular weight excluding hydrogens is 363 g/mol. The molecule has 0 aromatic heterocycles. The van der Waals surface area contributed by atoms with Crippen molar-refractivity contribution in [3.05, 3.63) is 65.5 Å². The molecule has 0 atom stereocenters. The lowest BCUT2D eigenvalue weighted by atomic mass is 10.0. The minimum Gasteiger partial charge on any atom is -0.484 e. The van der Waals surface area contributed by atoms with Crippen molar-refractivity contribution in [1.82, 2.24) is 10.6 Å². The maximum Gasteiger partial charge on any atom is 0.321 e. The molecule has 2 aromatic carbocycles. The van der Waals surface area contributed by atoms with Gasteiger partial charge in [0.25, 0.3) is 5.91 Å². The highest BCUT2D eigenvalue weighted by Gasteiger charge is 2.18. The molecule has 7 heteroatoms. The van der Waals surface area contributed by atoms with Crippen molar-refractivity contribution < 1.29 is 23.5 Å². The van der Waals surface area contributed by atoms with Crippen molar-refractivity contribution in [2.75, 3.05) is 6.61 Å². The molecule has 0 unspecified atom stereocenters. The third-order valence-electron chi connectivity index (χ3n) is 4.54. The van der Waals surface area contributed by atoms with Gasteiger partial charge in [-0.25, -0.2) is 9.18 Å². The van der Waals surface area contributed by atoms with Crippen LogP contribution in [0.25, 0.3) is 0 Å². The van der Waals surface area contributed by atoms with E-state index in [0.29, 0.717) is 16.9 Å². The van der Waals surface area contributed by atoms with Gasteiger partial charge in [0.15, 0.2) is 12.4 Å². The molecule has 0 bridgehead atoms. The number of amides is 3. The molecule has 0 radical (unpaired) electrons. The van der Waals surface area contributed by atoms with E-state index in [1.807, 2.05) is 0 Å². The Hall–Kier alpha value is -3.22. The number of carbonyl (C=O) groups excluding carboxylic acids is 3. The number of carbonyl (C=O) groups is 3. The number of urea groups is 1. The van der Waals surface area contributed by atoms with Crippen LogP contribution in [0.1, 0.15) is 41.6 Å². The van der Waals surface area contributed by atoms with Crippen LogP contribution >= 0.6 is 0 Å². The van der Waals surface area contributed by atoms with Crippen molar-refractivity contribution in [2.45, 2.75) is 31.7 Å². The Morgan fingerprint density at radius 3 is 2.11 bits per heavy atom. The zero-order valence-electron chi connectivity index (χ0n) is 15.2. The van der Waals surface area contributed by atoms with E-state index in [1.165, 1.54) is 24.3 Å². The van der Waals surface area contributed by atoms with Crippen molar-refractivity contribution in [1.29, 1.82) is 0 Å². The Kier molecular flexibility index (Phi) is 6.37. The summed E-state index contributed by atoms with van der Waals surface area (Å²) < 4.78 is 18.3. The van der Waals surface area contributed by atoms with E-state index in [4.69, 9.17) is 4.74 Å². The van der Waals surface area contributed by atoms with Crippen LogP contribution in [0.5, 0.6) is 5.75 Å². The predicted molar refractivity (Wildman–Crippen MR) is 101 cm³/mol. The van der Waals surface area contributed by atoms with Gasteiger partial charge in [-0.3, -0.25) is 14.9 Å². The zero-order chi connectivity index (χ0) is 19.9. The van der Waals surface area contributed by atoms with Gasteiger partial charge in [-0.15, -0.1) is 0 Å². The second-order valence-corrected chi connectivity index (χ2v) is 6.65. The molecule has 2 N–H and O–H groups in total. The SMILES string of the molecule is O=C(COc1ccc(C(=O)c2ccc(F)cc2)cc1)NC(=O)NC1CCCC1. The highest BCUT2D eigenvalue weighted by Crippen LogP contribution is 2.17. The van der Waals surface area contributed by atoms with Crippen LogP contribution < -0.4 is 15.4 Å². The number of hydrogen-bond donors (Lipinski definition) is 2. The second kappa shape index (κ2) is 9.12. The number of hydrogen-bond acceptors (Lipinski definition) is 4. The van der Waals surface area contributed by atoms with Crippen LogP contribution in [0, 0.1) is 5.82 Å². The van der Waals surface area contributed by atoms with Crippen LogP contribution in [-0.4, -0.2) is 30.4 Å². The summed E-state index contributed by atoms with van der Waals surface area (Å²) in [6, 6.07) is 11.1. The first kappa shape index (κ1) is 19.5. The first-order valence-corrected chi connectivity index (χ1v) is 9.15. The van der Waals surface area contributed by atoms with Gasteiger partial charge in [-0.05, 0) is 61.4 Å². The number of benzene rings is 2. The molecule has 0 saturated heterocycles. The van der Waals surface area contributed by atoms with Crippen LogP contribution in [0.4, 0.5) is 9.18 Å². The summed E-state index contributed by atoms with van der Waals surface area (Å²) in [6.07, 6.45) is 4.03. The topological polar surface area (TPSA) is 84.5 Å². The summed E-state index contributed by atoms with van der Waals surface area (Å²) in [5, 5.41) is 4.99. The largest absolute Gasteiger partial charge is 0.484 e. The monoisotopic (exact) mass is 384 g/mol. The Balaban J connectivity index is 1.47. The number of ether oxygens (including phenoxy) is 1. The van der Waals surface area contributed by atoms with Crippen molar-refractivity contribution >= 4 is 17.7 Å². The van der Waals surface area contributed by atoms with Crippen LogP contribution in [0.15, 0.2) is 48.5 Å². The maximum absolute atomic E-state index is 13.0. The normalized spacial score (nSPS) is 13.8. The molecule has 0 aliphatic heterocycles.